The van der Waals surface area contributed by atoms with Gasteiger partial charge in [0.1, 0.15) is 17.7 Å². The van der Waals surface area contributed by atoms with Gasteiger partial charge in [0, 0.05) is 25.8 Å². The number of halogens is 1. The maximum absolute atomic E-state index is 13.1. The molecule has 8 heteroatoms. The lowest BCUT2D eigenvalue weighted by Gasteiger charge is -2.37. The van der Waals surface area contributed by atoms with E-state index in [9.17, 15) is 18.8 Å². The first kappa shape index (κ1) is 20.4. The minimum Gasteiger partial charge on any atom is -0.328 e. The minimum absolute atomic E-state index is 0.217. The van der Waals surface area contributed by atoms with Gasteiger partial charge in [0.25, 0.3) is 0 Å². The van der Waals surface area contributed by atoms with E-state index in [4.69, 9.17) is 0 Å². The van der Waals surface area contributed by atoms with Gasteiger partial charge in [-0.1, -0.05) is 25.1 Å². The third-order valence-corrected chi connectivity index (χ3v) is 4.86. The Kier molecular flexibility index (Phi) is 6.21. The number of carbonyl (C=O) groups excluding carboxylic acids is 3. The van der Waals surface area contributed by atoms with Crippen molar-refractivity contribution in [2.24, 2.45) is 0 Å². The molecule has 1 N–H and O–H groups in total. The van der Waals surface area contributed by atoms with E-state index in [0.29, 0.717) is 18.8 Å². The van der Waals surface area contributed by atoms with Gasteiger partial charge in [0.2, 0.25) is 5.91 Å². The molecule has 1 aliphatic rings. The first-order chi connectivity index (χ1) is 13.9. The van der Waals surface area contributed by atoms with Gasteiger partial charge in [-0.3, -0.25) is 14.4 Å². The van der Waals surface area contributed by atoms with Crippen molar-refractivity contribution in [1.29, 1.82) is 0 Å². The minimum atomic E-state index is -0.762. The van der Waals surface area contributed by atoms with Gasteiger partial charge in [-0.2, -0.15) is 0 Å². The molecule has 0 saturated carbocycles. The molecule has 1 saturated heterocycles. The number of nitrogens with zero attached hydrogens (tertiary/aromatic N) is 3. The highest BCUT2D eigenvalue weighted by molar-refractivity contribution is 6.35. The summed E-state index contributed by atoms with van der Waals surface area (Å²) in [5.74, 6) is -1.72. The second-order valence-corrected chi connectivity index (χ2v) is 6.99. The highest BCUT2D eigenvalue weighted by Crippen LogP contribution is 2.16. The second kappa shape index (κ2) is 8.81. The summed E-state index contributed by atoms with van der Waals surface area (Å²) in [6, 6.07) is 8.54. The van der Waals surface area contributed by atoms with Crippen molar-refractivity contribution in [3.63, 3.8) is 0 Å². The molecule has 7 nitrogen and oxygen atoms in total. The molecule has 1 unspecified atom stereocenters. The van der Waals surface area contributed by atoms with Crippen molar-refractivity contribution >= 4 is 23.5 Å². The van der Waals surface area contributed by atoms with E-state index in [1.54, 1.807) is 31.3 Å². The lowest BCUT2D eigenvalue weighted by molar-refractivity contribution is -0.159. The molecule has 1 fully saturated rings. The fraction of sp³-hybridized carbons (Fsp3) is 0.333. The largest absolute Gasteiger partial charge is 0.328 e. The van der Waals surface area contributed by atoms with Crippen LogP contribution in [0.15, 0.2) is 42.6 Å². The van der Waals surface area contributed by atoms with Gasteiger partial charge in [-0.15, -0.1) is 0 Å². The smallest absolute Gasteiger partial charge is 0.312 e. The Morgan fingerprint density at radius 1 is 1.14 bits per heavy atom. The van der Waals surface area contributed by atoms with Crippen molar-refractivity contribution < 1.29 is 18.8 Å². The predicted octanol–water partition coefficient (Wildman–Crippen LogP) is 2.12. The van der Waals surface area contributed by atoms with Gasteiger partial charge < -0.3 is 15.1 Å². The number of carbonyl (C=O) groups is 3. The highest BCUT2D eigenvalue weighted by Gasteiger charge is 2.38. The SMILES string of the molecule is CCC(C(=O)Nc1ccc(C)cn1)N1CCN(Cc2ccc(F)cc2)C(=O)C1=O. The van der Waals surface area contributed by atoms with E-state index in [1.165, 1.54) is 21.9 Å². The molecule has 2 heterocycles. The number of nitrogens with one attached hydrogen (secondary N) is 1. The Hall–Kier alpha value is -3.29. The molecular weight excluding hydrogens is 375 g/mol. The van der Waals surface area contributed by atoms with Gasteiger partial charge >= 0.3 is 11.8 Å². The Balaban J connectivity index is 1.66. The zero-order valence-electron chi connectivity index (χ0n) is 16.4. The molecule has 0 spiro atoms. The molecule has 1 aliphatic heterocycles. The number of amides is 3. The van der Waals surface area contributed by atoms with E-state index in [2.05, 4.69) is 10.3 Å². The second-order valence-electron chi connectivity index (χ2n) is 6.99. The average molecular weight is 398 g/mol. The summed E-state index contributed by atoms with van der Waals surface area (Å²) in [4.78, 5) is 44.8. The monoisotopic (exact) mass is 398 g/mol. The Morgan fingerprint density at radius 3 is 2.48 bits per heavy atom. The number of hydrogen-bond acceptors (Lipinski definition) is 4. The number of aryl methyl sites for hydroxylation is 1. The molecule has 3 rings (SSSR count). The normalized spacial score (nSPS) is 15.4. The van der Waals surface area contributed by atoms with E-state index in [1.807, 2.05) is 13.0 Å². The van der Waals surface area contributed by atoms with Crippen LogP contribution in [0.3, 0.4) is 0 Å². The molecule has 3 amide bonds. The first-order valence-electron chi connectivity index (χ1n) is 9.47. The summed E-state index contributed by atoms with van der Waals surface area (Å²) in [5, 5.41) is 2.70. The number of piperazine rings is 1. The van der Waals surface area contributed by atoms with Crippen LogP contribution in [0.4, 0.5) is 10.2 Å². The lowest BCUT2D eigenvalue weighted by atomic mass is 10.1. The van der Waals surface area contributed by atoms with Crippen molar-refractivity contribution in [2.75, 3.05) is 18.4 Å². The van der Waals surface area contributed by atoms with Crippen LogP contribution in [0.25, 0.3) is 0 Å². The molecule has 0 aliphatic carbocycles. The molecule has 29 heavy (non-hydrogen) atoms. The summed E-state index contributed by atoms with van der Waals surface area (Å²) < 4.78 is 13.1. The van der Waals surface area contributed by atoms with Crippen LogP contribution >= 0.6 is 0 Å². The summed E-state index contributed by atoms with van der Waals surface area (Å²) in [7, 11) is 0. The van der Waals surface area contributed by atoms with Crippen LogP contribution in [0.5, 0.6) is 0 Å². The Morgan fingerprint density at radius 2 is 1.86 bits per heavy atom. The quantitative estimate of drug-likeness (QED) is 0.756. The van der Waals surface area contributed by atoms with E-state index in [-0.39, 0.29) is 24.8 Å². The van der Waals surface area contributed by atoms with E-state index in [0.717, 1.165) is 11.1 Å². The number of pyridine rings is 1. The van der Waals surface area contributed by atoms with Crippen LogP contribution in [0.2, 0.25) is 0 Å². The van der Waals surface area contributed by atoms with Gasteiger partial charge in [-0.25, -0.2) is 9.37 Å². The zero-order valence-corrected chi connectivity index (χ0v) is 16.4. The van der Waals surface area contributed by atoms with Crippen molar-refractivity contribution in [2.45, 2.75) is 32.9 Å². The number of rotatable bonds is 6. The number of benzene rings is 1. The lowest BCUT2D eigenvalue weighted by Crippen LogP contribution is -2.59. The molecule has 1 aromatic carbocycles. The van der Waals surface area contributed by atoms with Crippen LogP contribution in [0.1, 0.15) is 24.5 Å². The molecule has 0 radical (unpaired) electrons. The van der Waals surface area contributed by atoms with Crippen LogP contribution in [0, 0.1) is 12.7 Å². The van der Waals surface area contributed by atoms with Crippen LogP contribution < -0.4 is 5.32 Å². The molecule has 1 atom stereocenters. The van der Waals surface area contributed by atoms with Crippen molar-refractivity contribution in [1.82, 2.24) is 14.8 Å². The van der Waals surface area contributed by atoms with E-state index >= 15 is 0 Å². The number of anilines is 1. The van der Waals surface area contributed by atoms with Crippen molar-refractivity contribution in [3.05, 3.63) is 59.5 Å². The summed E-state index contributed by atoms with van der Waals surface area (Å²) in [5.41, 5.74) is 1.70. The fourth-order valence-electron chi connectivity index (χ4n) is 3.25. The molecule has 1 aromatic heterocycles. The van der Waals surface area contributed by atoms with Crippen LogP contribution in [-0.2, 0) is 20.9 Å². The maximum Gasteiger partial charge on any atom is 0.312 e. The average Bonchev–Trinajstić information content (AvgIpc) is 2.71. The molecular formula is C21H23FN4O3. The fourth-order valence-corrected chi connectivity index (χ4v) is 3.25. The maximum atomic E-state index is 13.1. The molecule has 152 valence electrons. The zero-order chi connectivity index (χ0) is 21.0. The standard InChI is InChI=1S/C21H23FN4O3/c1-3-17(19(27)24-18-9-4-14(2)12-23-18)26-11-10-25(20(28)21(26)29)13-15-5-7-16(22)8-6-15/h4-9,12,17H,3,10-11,13H2,1-2H3,(H,23,24,27). The van der Waals surface area contributed by atoms with Crippen LogP contribution in [-0.4, -0.2) is 51.6 Å². The number of hydrogen-bond donors (Lipinski definition) is 1. The summed E-state index contributed by atoms with van der Waals surface area (Å²) in [6.45, 7) is 4.45. The third-order valence-electron chi connectivity index (χ3n) is 4.86. The van der Waals surface area contributed by atoms with Gasteiger partial charge in [0.05, 0.1) is 0 Å². The first-order valence-corrected chi connectivity index (χ1v) is 9.47. The third kappa shape index (κ3) is 4.77. The molecule has 0 bridgehead atoms. The molecule has 2 aromatic rings. The van der Waals surface area contributed by atoms with Gasteiger partial charge in [0.15, 0.2) is 0 Å². The summed E-state index contributed by atoms with van der Waals surface area (Å²) in [6.07, 6.45) is 2.01. The van der Waals surface area contributed by atoms with Crippen molar-refractivity contribution in [3.8, 4) is 0 Å². The summed E-state index contributed by atoms with van der Waals surface area (Å²) >= 11 is 0. The topological polar surface area (TPSA) is 82.6 Å². The van der Waals surface area contributed by atoms with Gasteiger partial charge in [-0.05, 0) is 42.7 Å². The van der Waals surface area contributed by atoms with E-state index < -0.39 is 17.9 Å². The number of aromatic nitrogens is 1. The Bertz CT molecular complexity index is 899. The Labute approximate surface area is 168 Å². The highest BCUT2D eigenvalue weighted by atomic mass is 19.1. The predicted molar refractivity (Wildman–Crippen MR) is 105 cm³/mol.